The first kappa shape index (κ1) is 6.40. The van der Waals surface area contributed by atoms with E-state index in [1.165, 1.54) is 25.2 Å². The molecule has 0 bridgehead atoms. The highest BCUT2D eigenvalue weighted by atomic mass is 15.1. The van der Waals surface area contributed by atoms with Crippen LogP contribution in [0.3, 0.4) is 0 Å². The summed E-state index contributed by atoms with van der Waals surface area (Å²) in [5.41, 5.74) is 0. The van der Waals surface area contributed by atoms with Gasteiger partial charge in [0.15, 0.2) is 0 Å². The minimum Gasteiger partial charge on any atom is -0.335 e. The summed E-state index contributed by atoms with van der Waals surface area (Å²) in [6, 6.07) is 0. The van der Waals surface area contributed by atoms with E-state index in [2.05, 4.69) is 9.55 Å². The zero-order chi connectivity index (χ0) is 5.40. The summed E-state index contributed by atoms with van der Waals surface area (Å²) in [4.78, 5) is 4.16. The van der Waals surface area contributed by atoms with Crippen molar-refractivity contribution in [3.63, 3.8) is 0 Å². The number of nitrogens with zero attached hydrogens (tertiary/aromatic N) is 2. The minimum atomic E-state index is 0. The highest BCUT2D eigenvalue weighted by Crippen LogP contribution is 2.10. The molecule has 9 heavy (non-hydrogen) atoms. The third-order valence-corrected chi connectivity index (χ3v) is 1.60. The van der Waals surface area contributed by atoms with Gasteiger partial charge in [-0.25, -0.2) is 4.98 Å². The average molecular weight is 119 g/mol. The van der Waals surface area contributed by atoms with Crippen molar-refractivity contribution in [2.45, 2.75) is 19.4 Å². The van der Waals surface area contributed by atoms with Crippen LogP contribution < -0.4 is 0 Å². The molecule has 0 unspecified atom stereocenters. The second-order valence-corrected chi connectivity index (χ2v) is 2.14. The van der Waals surface area contributed by atoms with Crippen molar-refractivity contribution < 1.29 is 0 Å². The number of hydrogen-bond donors (Lipinski definition) is 0. The molecule has 45 valence electrons. The summed E-state index contributed by atoms with van der Waals surface area (Å²) in [7, 11) is 0. The largest absolute Gasteiger partial charge is 0.335 e. The predicted molar refractivity (Wildman–Crippen MR) is 36.3 cm³/mol. The highest BCUT2D eigenvalue weighted by Gasteiger charge is 2.07. The summed E-state index contributed by atoms with van der Waals surface area (Å²) < 4.78 is 2.21. The lowest BCUT2D eigenvalue weighted by Gasteiger charge is -1.88. The zero-order valence-corrected chi connectivity index (χ0v) is 5.25. The third kappa shape index (κ3) is 0.868. The summed E-state index contributed by atoms with van der Waals surface area (Å²) in [5.74, 6) is 1.25. The first-order valence-corrected chi connectivity index (χ1v) is 2.97. The van der Waals surface area contributed by atoms with Gasteiger partial charge in [-0.1, -0.05) is 0 Å². The van der Waals surface area contributed by atoms with Gasteiger partial charge in [0, 0.05) is 33.8 Å². The van der Waals surface area contributed by atoms with Crippen LogP contribution in [0.5, 0.6) is 0 Å². The molecule has 0 aliphatic carbocycles. The highest BCUT2D eigenvalue weighted by molar-refractivity contribution is 5.75. The van der Waals surface area contributed by atoms with Crippen LogP contribution in [0.25, 0.3) is 0 Å². The van der Waals surface area contributed by atoms with Crippen LogP contribution in [0.1, 0.15) is 12.2 Å². The van der Waals surface area contributed by atoms with Crippen LogP contribution in [-0.4, -0.2) is 18.0 Å². The molecule has 1 aliphatic rings. The van der Waals surface area contributed by atoms with E-state index in [1.807, 2.05) is 12.4 Å². The Morgan fingerprint density at radius 1 is 1.56 bits per heavy atom. The normalized spacial score (nSPS) is 14.7. The van der Waals surface area contributed by atoms with E-state index in [9.17, 15) is 0 Å². The fourth-order valence-corrected chi connectivity index (χ4v) is 1.18. The second kappa shape index (κ2) is 2.25. The van der Waals surface area contributed by atoms with Gasteiger partial charge in [0.05, 0.1) is 0 Å². The fraction of sp³-hybridized carbons (Fsp3) is 0.500. The van der Waals surface area contributed by atoms with Crippen molar-refractivity contribution in [1.82, 2.24) is 9.55 Å². The topological polar surface area (TPSA) is 17.8 Å². The van der Waals surface area contributed by atoms with Gasteiger partial charge in [-0.05, 0) is 6.42 Å². The molecule has 0 spiro atoms. The molecule has 0 amide bonds. The van der Waals surface area contributed by atoms with Gasteiger partial charge < -0.3 is 4.57 Å². The molecule has 1 aliphatic heterocycles. The quantitative estimate of drug-likeness (QED) is 0.453. The van der Waals surface area contributed by atoms with E-state index >= 15 is 0 Å². The molecular weight excluding hydrogens is 111 g/mol. The Balaban J connectivity index is 0.000000405. The molecule has 0 fully saturated rings. The second-order valence-electron chi connectivity index (χ2n) is 2.14. The van der Waals surface area contributed by atoms with Crippen LogP contribution >= 0.6 is 0 Å². The van der Waals surface area contributed by atoms with E-state index in [0.29, 0.717) is 0 Å². The molecule has 1 aromatic rings. The van der Waals surface area contributed by atoms with Gasteiger partial charge in [-0.15, -0.1) is 0 Å². The van der Waals surface area contributed by atoms with Gasteiger partial charge in [-0.2, -0.15) is 0 Å². The van der Waals surface area contributed by atoms with Crippen LogP contribution in [0.4, 0.5) is 0 Å². The third-order valence-electron chi connectivity index (χ3n) is 1.60. The molecule has 2 heterocycles. The number of imidazole rings is 1. The summed E-state index contributed by atoms with van der Waals surface area (Å²) in [6.07, 6.45) is 6.37. The van der Waals surface area contributed by atoms with Crippen molar-refractivity contribution in [2.24, 2.45) is 0 Å². The van der Waals surface area contributed by atoms with E-state index < -0.39 is 0 Å². The summed E-state index contributed by atoms with van der Waals surface area (Å²) in [6.45, 7) is 1.18. The molecule has 3 radical (unpaired) electrons. The average Bonchev–Trinajstić information content (AvgIpc) is 2.15. The van der Waals surface area contributed by atoms with Gasteiger partial charge >= 0.3 is 0 Å². The maximum atomic E-state index is 4.16. The molecule has 2 nitrogen and oxygen atoms in total. The fourth-order valence-electron chi connectivity index (χ4n) is 1.18. The molecule has 3 heteroatoms. The SMILES string of the molecule is [B].c1cn2c(n1)CCC2. The Bertz CT molecular complexity index is 176. The van der Waals surface area contributed by atoms with Crippen molar-refractivity contribution in [2.75, 3.05) is 0 Å². The monoisotopic (exact) mass is 119 g/mol. The Kier molecular flexibility index (Phi) is 1.60. The van der Waals surface area contributed by atoms with E-state index in [4.69, 9.17) is 0 Å². The number of hydrogen-bond acceptors (Lipinski definition) is 1. The number of rotatable bonds is 0. The van der Waals surface area contributed by atoms with Gasteiger partial charge in [0.1, 0.15) is 5.82 Å². The first-order valence-electron chi connectivity index (χ1n) is 2.97. The molecule has 0 atom stereocenters. The van der Waals surface area contributed by atoms with Gasteiger partial charge in [0.25, 0.3) is 0 Å². The van der Waals surface area contributed by atoms with Crippen molar-refractivity contribution in [3.8, 4) is 0 Å². The number of aromatic nitrogens is 2. The van der Waals surface area contributed by atoms with Crippen molar-refractivity contribution >= 4 is 8.41 Å². The molecular formula is C6H8BN2. The summed E-state index contributed by atoms with van der Waals surface area (Å²) in [5, 5.41) is 0. The maximum Gasteiger partial charge on any atom is 0.108 e. The van der Waals surface area contributed by atoms with Crippen LogP contribution in [0, 0.1) is 0 Å². The maximum absolute atomic E-state index is 4.16. The standard InChI is InChI=1S/C6H8N2.B/c1-2-6-7-3-5-8(6)4-1;/h3,5H,1-2,4H2;. The molecule has 0 N–H and O–H groups in total. The van der Waals surface area contributed by atoms with E-state index in [-0.39, 0.29) is 8.41 Å². The van der Waals surface area contributed by atoms with Gasteiger partial charge in [0.2, 0.25) is 0 Å². The Hall–Kier alpha value is -0.725. The number of fused-ring (bicyclic) bond motifs is 1. The molecule has 0 saturated heterocycles. The van der Waals surface area contributed by atoms with Crippen LogP contribution in [0.15, 0.2) is 12.4 Å². The molecule has 0 aromatic carbocycles. The van der Waals surface area contributed by atoms with E-state index in [0.717, 1.165) is 0 Å². The lowest BCUT2D eigenvalue weighted by Crippen LogP contribution is -1.87. The smallest absolute Gasteiger partial charge is 0.108 e. The number of aryl methyl sites for hydroxylation is 2. The summed E-state index contributed by atoms with van der Waals surface area (Å²) >= 11 is 0. The Labute approximate surface area is 56.5 Å². The zero-order valence-electron chi connectivity index (χ0n) is 5.25. The Morgan fingerprint density at radius 3 is 3.22 bits per heavy atom. The van der Waals surface area contributed by atoms with Gasteiger partial charge in [-0.3, -0.25) is 0 Å². The molecule has 1 aromatic heterocycles. The predicted octanol–water partition coefficient (Wildman–Crippen LogP) is 0.449. The lowest BCUT2D eigenvalue weighted by molar-refractivity contribution is 0.750. The molecule has 2 rings (SSSR count). The Morgan fingerprint density at radius 2 is 2.44 bits per heavy atom. The van der Waals surface area contributed by atoms with E-state index in [1.54, 1.807) is 0 Å². The molecule has 0 saturated carbocycles. The van der Waals surface area contributed by atoms with Crippen LogP contribution in [0.2, 0.25) is 0 Å². The van der Waals surface area contributed by atoms with Crippen molar-refractivity contribution in [3.05, 3.63) is 18.2 Å². The minimum absolute atomic E-state index is 0. The lowest BCUT2D eigenvalue weighted by atomic mass is 10.4. The first-order chi connectivity index (χ1) is 3.97. The van der Waals surface area contributed by atoms with Crippen molar-refractivity contribution in [1.29, 1.82) is 0 Å². The van der Waals surface area contributed by atoms with Crippen LogP contribution in [-0.2, 0) is 13.0 Å².